The maximum absolute atomic E-state index is 5.97. The Kier molecular flexibility index (Phi) is 4.48. The SMILES string of the molecule is Clc1ccc(-n2cc(CCCBr)cn2)cc1Cl. The van der Waals surface area contributed by atoms with Crippen LogP contribution >= 0.6 is 39.1 Å². The van der Waals surface area contributed by atoms with E-state index in [0.29, 0.717) is 10.0 Å². The smallest absolute Gasteiger partial charge is 0.0661 e. The van der Waals surface area contributed by atoms with Crippen LogP contribution in [0.4, 0.5) is 0 Å². The molecule has 0 saturated heterocycles. The van der Waals surface area contributed by atoms with Gasteiger partial charge in [-0.15, -0.1) is 0 Å². The summed E-state index contributed by atoms with van der Waals surface area (Å²) in [5.41, 5.74) is 2.14. The Hall–Kier alpha value is -0.510. The summed E-state index contributed by atoms with van der Waals surface area (Å²) in [6.45, 7) is 0. The third kappa shape index (κ3) is 3.24. The highest BCUT2D eigenvalue weighted by Gasteiger charge is 2.03. The van der Waals surface area contributed by atoms with Crippen molar-refractivity contribution in [1.29, 1.82) is 0 Å². The van der Waals surface area contributed by atoms with Gasteiger partial charge in [-0.3, -0.25) is 0 Å². The van der Waals surface area contributed by atoms with E-state index in [2.05, 4.69) is 21.0 Å². The van der Waals surface area contributed by atoms with E-state index in [1.165, 1.54) is 5.56 Å². The Labute approximate surface area is 119 Å². The molecule has 0 unspecified atom stereocenters. The highest BCUT2D eigenvalue weighted by molar-refractivity contribution is 9.09. The molecule has 0 radical (unpaired) electrons. The van der Waals surface area contributed by atoms with Crippen LogP contribution in [0.15, 0.2) is 30.6 Å². The lowest BCUT2D eigenvalue weighted by Crippen LogP contribution is -1.93. The number of nitrogens with zero attached hydrogens (tertiary/aromatic N) is 2. The number of benzene rings is 1. The summed E-state index contributed by atoms with van der Waals surface area (Å²) in [5.74, 6) is 0. The monoisotopic (exact) mass is 332 g/mol. The first-order chi connectivity index (χ1) is 8.20. The molecule has 0 atom stereocenters. The highest BCUT2D eigenvalue weighted by Crippen LogP contribution is 2.24. The van der Waals surface area contributed by atoms with Gasteiger partial charge in [0.15, 0.2) is 0 Å². The quantitative estimate of drug-likeness (QED) is 0.753. The number of aryl methyl sites for hydroxylation is 1. The van der Waals surface area contributed by atoms with Gasteiger partial charge in [0.1, 0.15) is 0 Å². The van der Waals surface area contributed by atoms with Crippen LogP contribution in [-0.4, -0.2) is 15.1 Å². The summed E-state index contributed by atoms with van der Waals surface area (Å²) >= 11 is 15.3. The van der Waals surface area contributed by atoms with E-state index in [1.807, 2.05) is 29.2 Å². The molecule has 2 rings (SSSR count). The van der Waals surface area contributed by atoms with E-state index < -0.39 is 0 Å². The lowest BCUT2D eigenvalue weighted by atomic mass is 10.2. The van der Waals surface area contributed by atoms with Gasteiger partial charge >= 0.3 is 0 Å². The average molecular weight is 334 g/mol. The van der Waals surface area contributed by atoms with E-state index in [-0.39, 0.29) is 0 Å². The van der Waals surface area contributed by atoms with Gasteiger partial charge in [-0.2, -0.15) is 5.10 Å². The van der Waals surface area contributed by atoms with Crippen LogP contribution < -0.4 is 0 Å². The second kappa shape index (κ2) is 5.89. The van der Waals surface area contributed by atoms with Crippen molar-refractivity contribution in [2.75, 3.05) is 5.33 Å². The number of halogens is 3. The summed E-state index contributed by atoms with van der Waals surface area (Å²) in [4.78, 5) is 0. The molecule has 0 amide bonds. The first-order valence-electron chi connectivity index (χ1n) is 5.25. The van der Waals surface area contributed by atoms with E-state index in [4.69, 9.17) is 23.2 Å². The lowest BCUT2D eigenvalue weighted by Gasteiger charge is -2.02. The molecule has 1 aromatic heterocycles. The van der Waals surface area contributed by atoms with Crippen LogP contribution in [0.2, 0.25) is 10.0 Å². The Balaban J connectivity index is 2.21. The van der Waals surface area contributed by atoms with Gasteiger partial charge in [0.05, 0.1) is 21.9 Å². The minimum Gasteiger partial charge on any atom is -0.241 e. The standard InChI is InChI=1S/C12H11BrCl2N2/c13-5-1-2-9-7-16-17(8-9)10-3-4-11(14)12(15)6-10/h3-4,6-8H,1-2,5H2. The topological polar surface area (TPSA) is 17.8 Å². The first-order valence-corrected chi connectivity index (χ1v) is 7.13. The largest absolute Gasteiger partial charge is 0.241 e. The normalized spacial score (nSPS) is 10.8. The van der Waals surface area contributed by atoms with E-state index in [1.54, 1.807) is 6.07 Å². The zero-order chi connectivity index (χ0) is 12.3. The molecule has 1 aromatic carbocycles. The van der Waals surface area contributed by atoms with Crippen LogP contribution in [0.5, 0.6) is 0 Å². The maximum Gasteiger partial charge on any atom is 0.0661 e. The Bertz CT molecular complexity index is 511. The predicted octanol–water partition coefficient (Wildman–Crippen LogP) is 4.51. The van der Waals surface area contributed by atoms with Crippen molar-refractivity contribution in [1.82, 2.24) is 9.78 Å². The summed E-state index contributed by atoms with van der Waals surface area (Å²) in [7, 11) is 0. The van der Waals surface area contributed by atoms with Gasteiger partial charge in [-0.1, -0.05) is 39.1 Å². The molecule has 0 bridgehead atoms. The van der Waals surface area contributed by atoms with Gasteiger partial charge in [0.2, 0.25) is 0 Å². The van der Waals surface area contributed by atoms with Crippen LogP contribution in [0.1, 0.15) is 12.0 Å². The fourth-order valence-corrected chi connectivity index (χ4v) is 2.10. The molecule has 0 saturated carbocycles. The summed E-state index contributed by atoms with van der Waals surface area (Å²) < 4.78 is 1.81. The van der Waals surface area contributed by atoms with Gasteiger partial charge in [0, 0.05) is 11.5 Å². The molecule has 0 aliphatic heterocycles. The van der Waals surface area contributed by atoms with Crippen molar-refractivity contribution >= 4 is 39.1 Å². The molecule has 2 nitrogen and oxygen atoms in total. The summed E-state index contributed by atoms with van der Waals surface area (Å²) in [5, 5.41) is 6.42. The van der Waals surface area contributed by atoms with Gasteiger partial charge in [-0.25, -0.2) is 4.68 Å². The highest BCUT2D eigenvalue weighted by atomic mass is 79.9. The molecule has 0 aliphatic rings. The van der Waals surface area contributed by atoms with Crippen molar-refractivity contribution in [2.45, 2.75) is 12.8 Å². The van der Waals surface area contributed by atoms with Crippen LogP contribution in [0.25, 0.3) is 5.69 Å². The second-order valence-corrected chi connectivity index (χ2v) is 5.29. The van der Waals surface area contributed by atoms with Crippen molar-refractivity contribution in [2.24, 2.45) is 0 Å². The van der Waals surface area contributed by atoms with Crippen molar-refractivity contribution in [3.63, 3.8) is 0 Å². The lowest BCUT2D eigenvalue weighted by molar-refractivity contribution is 0.878. The third-order valence-corrected chi connectivity index (χ3v) is 3.70. The molecule has 0 fully saturated rings. The average Bonchev–Trinajstić information content (AvgIpc) is 2.79. The molecule has 90 valence electrons. The molecular weight excluding hydrogens is 323 g/mol. The fourth-order valence-electron chi connectivity index (χ4n) is 1.53. The number of rotatable bonds is 4. The number of aromatic nitrogens is 2. The Morgan fingerprint density at radius 2 is 2.06 bits per heavy atom. The van der Waals surface area contributed by atoms with Crippen molar-refractivity contribution in [3.8, 4) is 5.69 Å². The Morgan fingerprint density at radius 3 is 2.76 bits per heavy atom. The van der Waals surface area contributed by atoms with Gasteiger partial charge in [-0.05, 0) is 36.6 Å². The second-order valence-electron chi connectivity index (χ2n) is 3.68. The number of hydrogen-bond donors (Lipinski definition) is 0. The van der Waals surface area contributed by atoms with E-state index in [0.717, 1.165) is 23.9 Å². The molecule has 2 aromatic rings. The minimum absolute atomic E-state index is 0.543. The minimum atomic E-state index is 0.543. The van der Waals surface area contributed by atoms with Crippen molar-refractivity contribution in [3.05, 3.63) is 46.2 Å². The molecule has 0 N–H and O–H groups in total. The zero-order valence-corrected chi connectivity index (χ0v) is 12.1. The molecule has 17 heavy (non-hydrogen) atoms. The van der Waals surface area contributed by atoms with Crippen LogP contribution in [0.3, 0.4) is 0 Å². The maximum atomic E-state index is 5.97. The fraction of sp³-hybridized carbons (Fsp3) is 0.250. The molecular formula is C12H11BrCl2N2. The van der Waals surface area contributed by atoms with E-state index >= 15 is 0 Å². The van der Waals surface area contributed by atoms with Gasteiger partial charge in [0.25, 0.3) is 0 Å². The molecule has 1 heterocycles. The molecule has 0 aliphatic carbocycles. The summed E-state index contributed by atoms with van der Waals surface area (Å²) in [6, 6.07) is 5.49. The van der Waals surface area contributed by atoms with Gasteiger partial charge < -0.3 is 0 Å². The Morgan fingerprint density at radius 1 is 1.24 bits per heavy atom. The molecule has 0 spiro atoms. The number of hydrogen-bond acceptors (Lipinski definition) is 1. The third-order valence-electron chi connectivity index (χ3n) is 2.40. The van der Waals surface area contributed by atoms with Crippen LogP contribution in [0, 0.1) is 0 Å². The predicted molar refractivity (Wildman–Crippen MR) is 75.7 cm³/mol. The zero-order valence-electron chi connectivity index (χ0n) is 9.04. The molecule has 5 heteroatoms. The summed E-state index contributed by atoms with van der Waals surface area (Å²) in [6.07, 6.45) is 6.02. The van der Waals surface area contributed by atoms with Crippen LogP contribution in [-0.2, 0) is 6.42 Å². The van der Waals surface area contributed by atoms with Crippen molar-refractivity contribution < 1.29 is 0 Å². The first kappa shape index (κ1) is 12.9. The number of alkyl halides is 1. The van der Waals surface area contributed by atoms with E-state index in [9.17, 15) is 0 Å².